The van der Waals surface area contributed by atoms with Gasteiger partial charge in [0.2, 0.25) is 0 Å². The predicted molar refractivity (Wildman–Crippen MR) is 120 cm³/mol. The monoisotopic (exact) mass is 438 g/mol. The van der Waals surface area contributed by atoms with Crippen molar-refractivity contribution < 1.29 is 17.6 Å². The lowest BCUT2D eigenvalue weighted by atomic mass is 10.0. The van der Waals surface area contributed by atoms with E-state index in [1.165, 1.54) is 30.3 Å². The Balaban J connectivity index is 1.64. The number of amides is 1. The Hall–Kier alpha value is -3.19. The highest BCUT2D eigenvalue weighted by Crippen LogP contribution is 2.31. The molecule has 1 amide bonds. The Morgan fingerprint density at radius 1 is 1.00 bits per heavy atom. The van der Waals surface area contributed by atoms with Crippen molar-refractivity contribution >= 4 is 27.3 Å². The van der Waals surface area contributed by atoms with Crippen LogP contribution in [0, 0.1) is 19.7 Å². The summed E-state index contributed by atoms with van der Waals surface area (Å²) in [6.07, 6.45) is 1.39. The molecule has 1 N–H and O–H groups in total. The van der Waals surface area contributed by atoms with Crippen LogP contribution in [0.5, 0.6) is 0 Å². The fourth-order valence-electron chi connectivity index (χ4n) is 3.75. The average molecular weight is 439 g/mol. The second-order valence-corrected chi connectivity index (χ2v) is 9.46. The fraction of sp³-hybridized carbons (Fsp3) is 0.208. The largest absolute Gasteiger partial charge is 0.308 e. The van der Waals surface area contributed by atoms with Crippen molar-refractivity contribution in [3.05, 3.63) is 88.7 Å². The smallest absolute Gasteiger partial charge is 0.261 e. The molecule has 7 heteroatoms. The third-order valence-electron chi connectivity index (χ3n) is 5.45. The van der Waals surface area contributed by atoms with Gasteiger partial charge >= 0.3 is 0 Å². The number of rotatable bonds is 4. The lowest BCUT2D eigenvalue weighted by Crippen LogP contribution is -2.35. The van der Waals surface area contributed by atoms with Gasteiger partial charge in [0.05, 0.1) is 10.6 Å². The summed E-state index contributed by atoms with van der Waals surface area (Å²) in [6.45, 7) is 4.28. The van der Waals surface area contributed by atoms with E-state index in [9.17, 15) is 17.6 Å². The van der Waals surface area contributed by atoms with Crippen LogP contribution in [0.15, 0.2) is 65.6 Å². The Morgan fingerprint density at radius 3 is 2.48 bits per heavy atom. The number of anilines is 2. The second-order valence-electron chi connectivity index (χ2n) is 7.78. The zero-order valence-corrected chi connectivity index (χ0v) is 18.2. The van der Waals surface area contributed by atoms with Crippen LogP contribution in [0.3, 0.4) is 0 Å². The van der Waals surface area contributed by atoms with Crippen LogP contribution in [-0.4, -0.2) is 20.9 Å². The summed E-state index contributed by atoms with van der Waals surface area (Å²) in [5, 5.41) is 0. The molecule has 0 radical (unpaired) electrons. The van der Waals surface area contributed by atoms with Gasteiger partial charge in [-0.25, -0.2) is 12.8 Å². The van der Waals surface area contributed by atoms with Crippen molar-refractivity contribution in [3.63, 3.8) is 0 Å². The molecule has 3 aromatic rings. The minimum atomic E-state index is -3.78. The first-order valence-corrected chi connectivity index (χ1v) is 11.5. The summed E-state index contributed by atoms with van der Waals surface area (Å²) < 4.78 is 41.9. The van der Waals surface area contributed by atoms with Crippen molar-refractivity contribution in [2.45, 2.75) is 31.6 Å². The number of hydrogen-bond donors (Lipinski definition) is 1. The molecule has 0 aromatic heterocycles. The van der Waals surface area contributed by atoms with Crippen LogP contribution >= 0.6 is 0 Å². The van der Waals surface area contributed by atoms with Crippen LogP contribution in [0.4, 0.5) is 15.8 Å². The standard InChI is InChI=1S/C24H23FN2O3S/c1-16-5-6-17(2)22(14-16)26-31(29,30)21-11-12-23-19(15-21)4-3-13-27(23)24(28)18-7-9-20(25)10-8-18/h5-12,14-15,26H,3-4,13H2,1-2H3. The van der Waals surface area contributed by atoms with Gasteiger partial charge in [0, 0.05) is 17.8 Å². The van der Waals surface area contributed by atoms with Gasteiger partial charge in [-0.2, -0.15) is 0 Å². The van der Waals surface area contributed by atoms with E-state index in [1.54, 1.807) is 23.1 Å². The zero-order chi connectivity index (χ0) is 22.2. The van der Waals surface area contributed by atoms with Gasteiger partial charge in [-0.1, -0.05) is 12.1 Å². The molecule has 0 aliphatic carbocycles. The third-order valence-corrected chi connectivity index (χ3v) is 6.82. The van der Waals surface area contributed by atoms with Crippen LogP contribution < -0.4 is 9.62 Å². The number of carbonyl (C=O) groups is 1. The zero-order valence-electron chi connectivity index (χ0n) is 17.4. The lowest BCUT2D eigenvalue weighted by molar-refractivity contribution is 0.0985. The van der Waals surface area contributed by atoms with E-state index in [4.69, 9.17) is 0 Å². The summed E-state index contributed by atoms with van der Waals surface area (Å²) in [4.78, 5) is 14.7. The minimum absolute atomic E-state index is 0.156. The topological polar surface area (TPSA) is 66.5 Å². The highest BCUT2D eigenvalue weighted by molar-refractivity contribution is 7.92. The van der Waals surface area contributed by atoms with Crippen molar-refractivity contribution in [2.24, 2.45) is 0 Å². The van der Waals surface area contributed by atoms with E-state index in [2.05, 4.69) is 4.72 Å². The van der Waals surface area contributed by atoms with Crippen LogP contribution in [0.2, 0.25) is 0 Å². The van der Waals surface area contributed by atoms with Gasteiger partial charge in [-0.05, 0) is 91.9 Å². The first-order valence-electron chi connectivity index (χ1n) is 10.0. The normalized spacial score (nSPS) is 13.6. The van der Waals surface area contributed by atoms with Gasteiger partial charge in [-0.3, -0.25) is 9.52 Å². The van der Waals surface area contributed by atoms with E-state index >= 15 is 0 Å². The van der Waals surface area contributed by atoms with Crippen molar-refractivity contribution in [2.75, 3.05) is 16.2 Å². The van der Waals surface area contributed by atoms with Gasteiger partial charge in [0.25, 0.3) is 15.9 Å². The highest BCUT2D eigenvalue weighted by atomic mass is 32.2. The second kappa shape index (κ2) is 8.15. The van der Waals surface area contributed by atoms with Crippen molar-refractivity contribution in [3.8, 4) is 0 Å². The van der Waals surface area contributed by atoms with Gasteiger partial charge in [0.15, 0.2) is 0 Å². The third kappa shape index (κ3) is 4.32. The molecule has 1 aliphatic heterocycles. The quantitative estimate of drug-likeness (QED) is 0.634. The van der Waals surface area contributed by atoms with Crippen LogP contribution in [0.1, 0.15) is 33.5 Å². The highest BCUT2D eigenvalue weighted by Gasteiger charge is 2.26. The Kier molecular flexibility index (Phi) is 5.54. The van der Waals surface area contributed by atoms with Crippen molar-refractivity contribution in [1.29, 1.82) is 0 Å². The Morgan fingerprint density at radius 2 is 1.74 bits per heavy atom. The lowest BCUT2D eigenvalue weighted by Gasteiger charge is -2.30. The number of hydrogen-bond acceptors (Lipinski definition) is 3. The number of benzene rings is 3. The number of halogens is 1. The number of nitrogens with zero attached hydrogens (tertiary/aromatic N) is 1. The SMILES string of the molecule is Cc1ccc(C)c(NS(=O)(=O)c2ccc3c(c2)CCCN3C(=O)c2ccc(F)cc2)c1. The summed E-state index contributed by atoms with van der Waals surface area (Å²) in [5.41, 5.74) is 4.22. The molecule has 0 unspecified atom stereocenters. The molecule has 3 aromatic carbocycles. The number of aryl methyl sites for hydroxylation is 3. The molecule has 31 heavy (non-hydrogen) atoms. The molecular formula is C24H23FN2O3S. The molecule has 160 valence electrons. The molecular weight excluding hydrogens is 415 g/mol. The Labute approximate surface area is 181 Å². The summed E-state index contributed by atoms with van der Waals surface area (Å²) in [7, 11) is -3.78. The number of fused-ring (bicyclic) bond motifs is 1. The molecule has 0 bridgehead atoms. The molecule has 0 fully saturated rings. The van der Waals surface area contributed by atoms with Crippen molar-refractivity contribution in [1.82, 2.24) is 0 Å². The average Bonchev–Trinajstić information content (AvgIpc) is 2.75. The maximum atomic E-state index is 13.2. The van der Waals surface area contributed by atoms with E-state index in [1.807, 2.05) is 26.0 Å². The maximum Gasteiger partial charge on any atom is 0.261 e. The molecule has 0 saturated heterocycles. The number of sulfonamides is 1. The van der Waals surface area contributed by atoms with Crippen LogP contribution in [-0.2, 0) is 16.4 Å². The predicted octanol–water partition coefficient (Wildman–Crippen LogP) is 4.84. The van der Waals surface area contributed by atoms with Crippen LogP contribution in [0.25, 0.3) is 0 Å². The van der Waals surface area contributed by atoms with Gasteiger partial charge in [-0.15, -0.1) is 0 Å². The fourth-order valence-corrected chi connectivity index (χ4v) is 4.92. The molecule has 0 atom stereocenters. The number of nitrogens with one attached hydrogen (secondary N) is 1. The van der Waals surface area contributed by atoms with E-state index in [-0.39, 0.29) is 10.8 Å². The molecule has 1 aliphatic rings. The maximum absolute atomic E-state index is 13.2. The van der Waals surface area contributed by atoms with Gasteiger partial charge < -0.3 is 4.90 Å². The first kappa shape index (κ1) is 21.1. The summed E-state index contributed by atoms with van der Waals surface area (Å²) in [6, 6.07) is 15.9. The van der Waals surface area contributed by atoms with E-state index in [0.29, 0.717) is 36.3 Å². The minimum Gasteiger partial charge on any atom is -0.308 e. The molecule has 0 spiro atoms. The summed E-state index contributed by atoms with van der Waals surface area (Å²) in [5.74, 6) is -0.633. The number of carbonyl (C=O) groups excluding carboxylic acids is 1. The van der Waals surface area contributed by atoms with Gasteiger partial charge in [0.1, 0.15) is 5.82 Å². The summed E-state index contributed by atoms with van der Waals surface area (Å²) >= 11 is 0. The molecule has 0 saturated carbocycles. The Bertz CT molecular complexity index is 1250. The van der Waals surface area contributed by atoms with E-state index < -0.39 is 15.8 Å². The molecule has 4 rings (SSSR count). The van der Waals surface area contributed by atoms with E-state index in [0.717, 1.165) is 16.7 Å². The molecule has 5 nitrogen and oxygen atoms in total. The first-order chi connectivity index (χ1) is 14.7. The molecule has 1 heterocycles.